The SMILES string of the molecule is O=C(O)CCCc1ccccc1C1CC1. The van der Waals surface area contributed by atoms with Crippen LogP contribution in [-0.2, 0) is 11.2 Å². The highest BCUT2D eigenvalue weighted by Crippen LogP contribution is 2.41. The van der Waals surface area contributed by atoms with E-state index in [2.05, 4.69) is 18.2 Å². The number of hydrogen-bond acceptors (Lipinski definition) is 1. The molecule has 0 aliphatic heterocycles. The molecule has 1 aromatic carbocycles. The number of carboxylic acid groups (broad SMARTS) is 1. The first kappa shape index (κ1) is 10.2. The lowest BCUT2D eigenvalue weighted by atomic mass is 9.99. The molecular formula is C13H16O2. The summed E-state index contributed by atoms with van der Waals surface area (Å²) in [6, 6.07) is 8.44. The van der Waals surface area contributed by atoms with Crippen LogP contribution in [0.3, 0.4) is 0 Å². The van der Waals surface area contributed by atoms with Crippen LogP contribution in [0.2, 0.25) is 0 Å². The van der Waals surface area contributed by atoms with Crippen LogP contribution in [0, 0.1) is 0 Å². The first-order valence-electron chi connectivity index (χ1n) is 5.57. The molecule has 2 nitrogen and oxygen atoms in total. The Hall–Kier alpha value is -1.31. The first-order chi connectivity index (χ1) is 7.27. The lowest BCUT2D eigenvalue weighted by molar-refractivity contribution is -0.137. The molecular weight excluding hydrogens is 188 g/mol. The molecule has 0 aromatic heterocycles. The number of rotatable bonds is 5. The summed E-state index contributed by atoms with van der Waals surface area (Å²) in [5, 5.41) is 8.58. The van der Waals surface area contributed by atoms with Crippen molar-refractivity contribution in [3.63, 3.8) is 0 Å². The Labute approximate surface area is 89.9 Å². The Morgan fingerprint density at radius 2 is 2.07 bits per heavy atom. The molecule has 1 N–H and O–H groups in total. The normalized spacial score (nSPS) is 15.2. The minimum atomic E-state index is -0.695. The monoisotopic (exact) mass is 204 g/mol. The largest absolute Gasteiger partial charge is 0.481 e. The maximum Gasteiger partial charge on any atom is 0.303 e. The third kappa shape index (κ3) is 2.82. The molecule has 0 bridgehead atoms. The molecule has 2 rings (SSSR count). The average Bonchev–Trinajstić information content (AvgIpc) is 3.01. The molecule has 0 heterocycles. The molecule has 1 saturated carbocycles. The fraction of sp³-hybridized carbons (Fsp3) is 0.462. The van der Waals surface area contributed by atoms with Crippen molar-refractivity contribution in [2.45, 2.75) is 38.0 Å². The lowest BCUT2D eigenvalue weighted by Gasteiger charge is -2.07. The fourth-order valence-corrected chi connectivity index (χ4v) is 1.98. The van der Waals surface area contributed by atoms with Crippen LogP contribution < -0.4 is 0 Å². The summed E-state index contributed by atoms with van der Waals surface area (Å²) in [6.45, 7) is 0. The van der Waals surface area contributed by atoms with Crippen LogP contribution in [0.25, 0.3) is 0 Å². The maximum atomic E-state index is 10.4. The Morgan fingerprint density at radius 3 is 2.73 bits per heavy atom. The van der Waals surface area contributed by atoms with E-state index in [1.807, 2.05) is 6.07 Å². The zero-order valence-corrected chi connectivity index (χ0v) is 8.78. The minimum absolute atomic E-state index is 0.277. The van der Waals surface area contributed by atoms with E-state index in [1.54, 1.807) is 0 Å². The molecule has 0 amide bonds. The van der Waals surface area contributed by atoms with Crippen molar-refractivity contribution < 1.29 is 9.90 Å². The van der Waals surface area contributed by atoms with E-state index in [0.29, 0.717) is 0 Å². The van der Waals surface area contributed by atoms with Gasteiger partial charge in [-0.2, -0.15) is 0 Å². The van der Waals surface area contributed by atoms with E-state index in [9.17, 15) is 4.79 Å². The van der Waals surface area contributed by atoms with E-state index in [-0.39, 0.29) is 6.42 Å². The van der Waals surface area contributed by atoms with Gasteiger partial charge in [-0.3, -0.25) is 4.79 Å². The van der Waals surface area contributed by atoms with Crippen molar-refractivity contribution in [3.05, 3.63) is 35.4 Å². The van der Waals surface area contributed by atoms with Crippen molar-refractivity contribution in [3.8, 4) is 0 Å². The van der Waals surface area contributed by atoms with E-state index < -0.39 is 5.97 Å². The number of carbonyl (C=O) groups is 1. The molecule has 0 radical (unpaired) electrons. The zero-order valence-electron chi connectivity index (χ0n) is 8.78. The Bertz CT molecular complexity index is 353. The Kier molecular flexibility index (Phi) is 3.05. The summed E-state index contributed by atoms with van der Waals surface area (Å²) in [5.74, 6) is 0.0601. The Morgan fingerprint density at radius 1 is 1.33 bits per heavy atom. The number of hydrogen-bond donors (Lipinski definition) is 1. The van der Waals surface area contributed by atoms with Crippen molar-refractivity contribution in [2.75, 3.05) is 0 Å². The van der Waals surface area contributed by atoms with Crippen LogP contribution >= 0.6 is 0 Å². The van der Waals surface area contributed by atoms with Gasteiger partial charge < -0.3 is 5.11 Å². The topological polar surface area (TPSA) is 37.3 Å². The van der Waals surface area contributed by atoms with Gasteiger partial charge in [0.2, 0.25) is 0 Å². The van der Waals surface area contributed by atoms with Gasteiger partial charge in [0.05, 0.1) is 0 Å². The number of carboxylic acids is 1. The van der Waals surface area contributed by atoms with Gasteiger partial charge in [0.15, 0.2) is 0 Å². The third-order valence-corrected chi connectivity index (χ3v) is 2.91. The average molecular weight is 204 g/mol. The van der Waals surface area contributed by atoms with Crippen molar-refractivity contribution in [2.24, 2.45) is 0 Å². The maximum absolute atomic E-state index is 10.4. The van der Waals surface area contributed by atoms with E-state index in [1.165, 1.54) is 24.0 Å². The molecule has 1 aliphatic carbocycles. The van der Waals surface area contributed by atoms with Crippen LogP contribution in [0.5, 0.6) is 0 Å². The summed E-state index contributed by atoms with van der Waals surface area (Å²) >= 11 is 0. The molecule has 80 valence electrons. The molecule has 1 aromatic rings. The van der Waals surface area contributed by atoms with Gasteiger partial charge in [0, 0.05) is 6.42 Å². The van der Waals surface area contributed by atoms with Gasteiger partial charge in [-0.15, -0.1) is 0 Å². The summed E-state index contributed by atoms with van der Waals surface area (Å²) in [6.07, 6.45) is 4.53. The fourth-order valence-electron chi connectivity index (χ4n) is 1.98. The smallest absolute Gasteiger partial charge is 0.303 e. The van der Waals surface area contributed by atoms with Crippen LogP contribution in [0.1, 0.15) is 42.7 Å². The Balaban J connectivity index is 1.97. The molecule has 0 spiro atoms. The lowest BCUT2D eigenvalue weighted by Crippen LogP contribution is -1.98. The highest BCUT2D eigenvalue weighted by Gasteiger charge is 2.25. The van der Waals surface area contributed by atoms with Crippen LogP contribution in [-0.4, -0.2) is 11.1 Å². The van der Waals surface area contributed by atoms with Crippen LogP contribution in [0.4, 0.5) is 0 Å². The second kappa shape index (κ2) is 4.47. The predicted molar refractivity (Wildman–Crippen MR) is 59.0 cm³/mol. The van der Waals surface area contributed by atoms with Crippen LogP contribution in [0.15, 0.2) is 24.3 Å². The minimum Gasteiger partial charge on any atom is -0.481 e. The summed E-state index contributed by atoms with van der Waals surface area (Å²) < 4.78 is 0. The molecule has 0 atom stereocenters. The molecule has 0 saturated heterocycles. The second-order valence-corrected chi connectivity index (χ2v) is 4.22. The van der Waals surface area contributed by atoms with Crippen molar-refractivity contribution in [1.29, 1.82) is 0 Å². The highest BCUT2D eigenvalue weighted by molar-refractivity contribution is 5.66. The molecule has 1 aliphatic rings. The first-order valence-corrected chi connectivity index (χ1v) is 5.57. The molecule has 0 unspecified atom stereocenters. The van der Waals surface area contributed by atoms with Gasteiger partial charge in [-0.05, 0) is 42.7 Å². The van der Waals surface area contributed by atoms with Crippen molar-refractivity contribution >= 4 is 5.97 Å². The predicted octanol–water partition coefficient (Wildman–Crippen LogP) is 2.97. The zero-order chi connectivity index (χ0) is 10.7. The number of aryl methyl sites for hydroxylation is 1. The van der Waals surface area contributed by atoms with Crippen molar-refractivity contribution in [1.82, 2.24) is 0 Å². The number of aliphatic carboxylic acids is 1. The standard InChI is InChI=1S/C13H16O2/c14-13(15)7-3-5-10-4-1-2-6-12(10)11-8-9-11/h1-2,4,6,11H,3,5,7-9H2,(H,14,15). The summed E-state index contributed by atoms with van der Waals surface area (Å²) in [5.41, 5.74) is 2.80. The van der Waals surface area contributed by atoms with Gasteiger partial charge in [0.25, 0.3) is 0 Å². The molecule has 2 heteroatoms. The molecule has 15 heavy (non-hydrogen) atoms. The third-order valence-electron chi connectivity index (χ3n) is 2.91. The van der Waals surface area contributed by atoms with E-state index in [4.69, 9.17) is 5.11 Å². The van der Waals surface area contributed by atoms with Gasteiger partial charge in [-0.1, -0.05) is 24.3 Å². The van der Waals surface area contributed by atoms with Gasteiger partial charge >= 0.3 is 5.97 Å². The van der Waals surface area contributed by atoms with E-state index >= 15 is 0 Å². The second-order valence-electron chi connectivity index (χ2n) is 4.22. The summed E-state index contributed by atoms with van der Waals surface area (Å²) in [4.78, 5) is 10.4. The van der Waals surface area contributed by atoms with Gasteiger partial charge in [0.1, 0.15) is 0 Å². The quantitative estimate of drug-likeness (QED) is 0.800. The number of benzene rings is 1. The van der Waals surface area contributed by atoms with E-state index in [0.717, 1.165) is 18.8 Å². The molecule has 1 fully saturated rings. The van der Waals surface area contributed by atoms with Gasteiger partial charge in [-0.25, -0.2) is 0 Å². The summed E-state index contributed by atoms with van der Waals surface area (Å²) in [7, 11) is 0. The highest BCUT2D eigenvalue weighted by atomic mass is 16.4.